The van der Waals surface area contributed by atoms with Gasteiger partial charge in [0.05, 0.1) is 6.10 Å². The summed E-state index contributed by atoms with van der Waals surface area (Å²) in [5.74, 6) is 0. The van der Waals surface area contributed by atoms with Crippen molar-refractivity contribution in [3.05, 3.63) is 26.9 Å². The van der Waals surface area contributed by atoms with Crippen LogP contribution in [0.2, 0.25) is 0 Å². The lowest BCUT2D eigenvalue weighted by Crippen LogP contribution is -2.24. The normalized spacial score (nSPS) is 25.1. The molecule has 3 heteroatoms. The van der Waals surface area contributed by atoms with Gasteiger partial charge in [-0.05, 0) is 51.2 Å². The molecule has 2 rings (SSSR count). The lowest BCUT2D eigenvalue weighted by atomic mass is 9.76. The maximum Gasteiger partial charge on any atom is 0.0732 e. The summed E-state index contributed by atoms with van der Waals surface area (Å²) < 4.78 is 1.14. The van der Waals surface area contributed by atoms with Gasteiger partial charge >= 0.3 is 0 Å². The fourth-order valence-electron chi connectivity index (χ4n) is 2.18. The minimum absolute atomic E-state index is 0.201. The minimum Gasteiger partial charge on any atom is -0.389 e. The van der Waals surface area contributed by atoms with E-state index in [1.807, 2.05) is 6.08 Å². The molecule has 1 aromatic heterocycles. The van der Waals surface area contributed by atoms with Gasteiger partial charge in [-0.25, -0.2) is 0 Å². The summed E-state index contributed by atoms with van der Waals surface area (Å²) in [4.78, 5) is 1.27. The molecule has 0 aliphatic heterocycles. The van der Waals surface area contributed by atoms with Gasteiger partial charge in [-0.3, -0.25) is 0 Å². The molecule has 1 aromatic rings. The molecule has 1 nitrogen and oxygen atoms in total. The number of aliphatic hydroxyl groups is 1. The third-order valence-electron chi connectivity index (χ3n) is 2.73. The Balaban J connectivity index is 2.34. The first-order valence-corrected chi connectivity index (χ1v) is 6.77. The second-order valence-electron chi connectivity index (χ2n) is 4.90. The molecule has 0 saturated carbocycles. The van der Waals surface area contributed by atoms with Crippen LogP contribution in [0.15, 0.2) is 22.0 Å². The fourth-order valence-corrected chi connectivity index (χ4v) is 3.84. The van der Waals surface area contributed by atoms with Crippen molar-refractivity contribution in [2.45, 2.75) is 32.8 Å². The highest BCUT2D eigenvalue weighted by molar-refractivity contribution is 9.10. The van der Waals surface area contributed by atoms with Crippen molar-refractivity contribution in [2.75, 3.05) is 0 Å². The summed E-state index contributed by atoms with van der Waals surface area (Å²) in [7, 11) is 0. The van der Waals surface area contributed by atoms with Crippen LogP contribution in [-0.2, 0) is 0 Å². The largest absolute Gasteiger partial charge is 0.389 e. The standard InChI is InChI=1S/C12H15BrOS/c1-12(2)6-8(5-9(14)7-12)11-10(13)3-4-15-11/h3-5,9,14H,6-7H2,1-2H3. The van der Waals surface area contributed by atoms with E-state index in [2.05, 4.69) is 41.2 Å². The Bertz CT molecular complexity index is 392. The van der Waals surface area contributed by atoms with Gasteiger partial charge in [-0.1, -0.05) is 19.9 Å². The van der Waals surface area contributed by atoms with Crippen LogP contribution in [0.4, 0.5) is 0 Å². The number of halogens is 1. The van der Waals surface area contributed by atoms with Crippen molar-refractivity contribution >= 4 is 32.8 Å². The molecule has 0 amide bonds. The Morgan fingerprint density at radius 1 is 1.53 bits per heavy atom. The molecule has 0 aromatic carbocycles. The van der Waals surface area contributed by atoms with Crippen LogP contribution in [0.5, 0.6) is 0 Å². The highest BCUT2D eigenvalue weighted by Crippen LogP contribution is 2.42. The quantitative estimate of drug-likeness (QED) is 0.825. The fraction of sp³-hybridized carbons (Fsp3) is 0.500. The molecule has 0 spiro atoms. The summed E-state index contributed by atoms with van der Waals surface area (Å²) in [6.45, 7) is 4.43. The van der Waals surface area contributed by atoms with E-state index in [9.17, 15) is 5.11 Å². The topological polar surface area (TPSA) is 20.2 Å². The van der Waals surface area contributed by atoms with Crippen molar-refractivity contribution in [2.24, 2.45) is 5.41 Å². The molecule has 0 fully saturated rings. The highest BCUT2D eigenvalue weighted by Gasteiger charge is 2.29. The minimum atomic E-state index is -0.294. The molecule has 1 aliphatic carbocycles. The average Bonchev–Trinajstić information content (AvgIpc) is 2.47. The van der Waals surface area contributed by atoms with Crippen molar-refractivity contribution in [3.8, 4) is 0 Å². The molecule has 1 aliphatic rings. The van der Waals surface area contributed by atoms with E-state index in [-0.39, 0.29) is 11.5 Å². The van der Waals surface area contributed by atoms with Crippen LogP contribution in [-0.4, -0.2) is 11.2 Å². The molecule has 0 bridgehead atoms. The Morgan fingerprint density at radius 3 is 2.80 bits per heavy atom. The van der Waals surface area contributed by atoms with E-state index in [1.165, 1.54) is 10.5 Å². The monoisotopic (exact) mass is 286 g/mol. The Labute approximate surface area is 103 Å². The van der Waals surface area contributed by atoms with Crippen LogP contribution in [0, 0.1) is 5.41 Å². The Morgan fingerprint density at radius 2 is 2.27 bits per heavy atom. The van der Waals surface area contributed by atoms with E-state index in [0.29, 0.717) is 0 Å². The molecule has 15 heavy (non-hydrogen) atoms. The number of hydrogen-bond acceptors (Lipinski definition) is 2. The van der Waals surface area contributed by atoms with Crippen molar-refractivity contribution in [1.29, 1.82) is 0 Å². The van der Waals surface area contributed by atoms with Crippen molar-refractivity contribution in [1.82, 2.24) is 0 Å². The summed E-state index contributed by atoms with van der Waals surface area (Å²) in [6, 6.07) is 2.06. The third kappa shape index (κ3) is 2.52. The van der Waals surface area contributed by atoms with E-state index in [4.69, 9.17) is 0 Å². The van der Waals surface area contributed by atoms with E-state index >= 15 is 0 Å². The maximum absolute atomic E-state index is 9.82. The first-order valence-electron chi connectivity index (χ1n) is 5.10. The smallest absolute Gasteiger partial charge is 0.0732 e. The molecule has 82 valence electrons. The second kappa shape index (κ2) is 4.04. The van der Waals surface area contributed by atoms with Gasteiger partial charge in [0.2, 0.25) is 0 Å². The number of hydrogen-bond donors (Lipinski definition) is 1. The van der Waals surface area contributed by atoms with Gasteiger partial charge < -0.3 is 5.11 Å². The number of rotatable bonds is 1. The predicted molar refractivity (Wildman–Crippen MR) is 69.0 cm³/mol. The first-order chi connectivity index (χ1) is 6.98. The SMILES string of the molecule is CC1(C)CC(c2sccc2Br)=CC(O)C1. The van der Waals surface area contributed by atoms with Crippen LogP contribution >= 0.6 is 27.3 Å². The lowest BCUT2D eigenvalue weighted by Gasteiger charge is -2.32. The summed E-state index contributed by atoms with van der Waals surface area (Å²) in [5.41, 5.74) is 1.48. The van der Waals surface area contributed by atoms with Crippen LogP contribution in [0.25, 0.3) is 5.57 Å². The summed E-state index contributed by atoms with van der Waals surface area (Å²) >= 11 is 5.28. The zero-order valence-electron chi connectivity index (χ0n) is 8.96. The zero-order valence-corrected chi connectivity index (χ0v) is 11.4. The van der Waals surface area contributed by atoms with E-state index < -0.39 is 0 Å². The van der Waals surface area contributed by atoms with Crippen molar-refractivity contribution in [3.63, 3.8) is 0 Å². The molecular weight excluding hydrogens is 272 g/mol. The number of allylic oxidation sites excluding steroid dienone is 1. The molecule has 1 N–H and O–H groups in total. The van der Waals surface area contributed by atoms with E-state index in [1.54, 1.807) is 11.3 Å². The summed E-state index contributed by atoms with van der Waals surface area (Å²) in [6.07, 6.45) is 3.61. The second-order valence-corrected chi connectivity index (χ2v) is 6.67. The van der Waals surface area contributed by atoms with Gasteiger partial charge in [0.15, 0.2) is 0 Å². The molecule has 0 radical (unpaired) electrons. The molecule has 1 unspecified atom stereocenters. The molecule has 1 heterocycles. The van der Waals surface area contributed by atoms with Gasteiger partial charge in [0.1, 0.15) is 0 Å². The van der Waals surface area contributed by atoms with Crippen molar-refractivity contribution < 1.29 is 5.11 Å². The maximum atomic E-state index is 9.82. The van der Waals surface area contributed by atoms with Gasteiger partial charge in [-0.2, -0.15) is 0 Å². The molecule has 0 saturated heterocycles. The third-order valence-corrected chi connectivity index (χ3v) is 4.65. The van der Waals surface area contributed by atoms with Crippen LogP contribution in [0.1, 0.15) is 31.6 Å². The molecular formula is C12H15BrOS. The Hall–Kier alpha value is -0.120. The Kier molecular flexibility index (Phi) is 3.06. The number of aliphatic hydroxyl groups excluding tert-OH is 1. The first kappa shape index (κ1) is 11.4. The zero-order chi connectivity index (χ0) is 11.1. The summed E-state index contributed by atoms with van der Waals surface area (Å²) in [5, 5.41) is 11.9. The average molecular weight is 287 g/mol. The van der Waals surface area contributed by atoms with E-state index in [0.717, 1.165) is 17.3 Å². The lowest BCUT2D eigenvalue weighted by molar-refractivity contribution is 0.146. The molecule has 1 atom stereocenters. The van der Waals surface area contributed by atoms with Crippen LogP contribution < -0.4 is 0 Å². The van der Waals surface area contributed by atoms with Gasteiger partial charge in [0, 0.05) is 9.35 Å². The van der Waals surface area contributed by atoms with Gasteiger partial charge in [-0.15, -0.1) is 11.3 Å². The predicted octanol–water partition coefficient (Wildman–Crippen LogP) is 4.07. The number of thiophene rings is 1. The highest BCUT2D eigenvalue weighted by atomic mass is 79.9. The van der Waals surface area contributed by atoms with Crippen LogP contribution in [0.3, 0.4) is 0 Å². The van der Waals surface area contributed by atoms with Gasteiger partial charge in [0.25, 0.3) is 0 Å².